The normalized spacial score (nSPS) is 17.2. The molecule has 4 heteroatoms. The summed E-state index contributed by atoms with van der Waals surface area (Å²) in [6, 6.07) is 6.61. The standard InChI is InChI=1S/C14H21BrN2O/c1-16-10-11-3-4-14(13(15)9-11)17-7-5-12(18-2)6-8-17/h3-4,9,12,16H,5-8,10H2,1-2H3. The van der Waals surface area contributed by atoms with Crippen molar-refractivity contribution in [2.24, 2.45) is 0 Å². The minimum Gasteiger partial charge on any atom is -0.381 e. The van der Waals surface area contributed by atoms with Gasteiger partial charge in [-0.2, -0.15) is 0 Å². The fraction of sp³-hybridized carbons (Fsp3) is 0.571. The third-order valence-corrected chi connectivity index (χ3v) is 4.14. The first-order valence-electron chi connectivity index (χ1n) is 6.45. The highest BCUT2D eigenvalue weighted by Crippen LogP contribution is 2.30. The van der Waals surface area contributed by atoms with Crippen LogP contribution in [0.4, 0.5) is 5.69 Å². The Kier molecular flexibility index (Phi) is 5.03. The zero-order valence-corrected chi connectivity index (χ0v) is 12.7. The van der Waals surface area contributed by atoms with Crippen LogP contribution in [-0.2, 0) is 11.3 Å². The molecule has 1 aliphatic rings. The summed E-state index contributed by atoms with van der Waals surface area (Å²) in [4.78, 5) is 2.43. The molecule has 1 aliphatic heterocycles. The van der Waals surface area contributed by atoms with Gasteiger partial charge in [0.15, 0.2) is 0 Å². The van der Waals surface area contributed by atoms with Gasteiger partial charge < -0.3 is 15.0 Å². The van der Waals surface area contributed by atoms with Crippen LogP contribution in [0.15, 0.2) is 22.7 Å². The van der Waals surface area contributed by atoms with Gasteiger partial charge >= 0.3 is 0 Å². The Morgan fingerprint density at radius 1 is 1.39 bits per heavy atom. The first-order valence-corrected chi connectivity index (χ1v) is 7.24. The Morgan fingerprint density at radius 3 is 2.67 bits per heavy atom. The average molecular weight is 313 g/mol. The number of piperidine rings is 1. The fourth-order valence-electron chi connectivity index (χ4n) is 2.45. The highest BCUT2D eigenvalue weighted by atomic mass is 79.9. The lowest BCUT2D eigenvalue weighted by Crippen LogP contribution is -2.36. The predicted molar refractivity (Wildman–Crippen MR) is 79.1 cm³/mol. The second-order valence-electron chi connectivity index (χ2n) is 4.74. The van der Waals surface area contributed by atoms with E-state index >= 15 is 0 Å². The summed E-state index contributed by atoms with van der Waals surface area (Å²) in [5.41, 5.74) is 2.60. The summed E-state index contributed by atoms with van der Waals surface area (Å²) >= 11 is 3.68. The molecule has 0 aromatic heterocycles. The first kappa shape index (κ1) is 13.8. The van der Waals surface area contributed by atoms with Gasteiger partial charge in [-0.25, -0.2) is 0 Å². The summed E-state index contributed by atoms with van der Waals surface area (Å²) in [5.74, 6) is 0. The molecule has 0 unspecified atom stereocenters. The zero-order chi connectivity index (χ0) is 13.0. The van der Waals surface area contributed by atoms with Crippen molar-refractivity contribution in [2.75, 3.05) is 32.1 Å². The molecule has 2 rings (SSSR count). The van der Waals surface area contributed by atoms with Crippen molar-refractivity contribution in [1.29, 1.82) is 0 Å². The molecule has 0 saturated carbocycles. The van der Waals surface area contributed by atoms with Crippen LogP contribution in [0.1, 0.15) is 18.4 Å². The van der Waals surface area contributed by atoms with Crippen molar-refractivity contribution >= 4 is 21.6 Å². The lowest BCUT2D eigenvalue weighted by atomic mass is 10.1. The van der Waals surface area contributed by atoms with E-state index in [4.69, 9.17) is 4.74 Å². The van der Waals surface area contributed by atoms with Gasteiger partial charge in [0, 0.05) is 31.2 Å². The van der Waals surface area contributed by atoms with Crippen LogP contribution in [-0.4, -0.2) is 33.4 Å². The number of nitrogens with one attached hydrogen (secondary N) is 1. The second-order valence-corrected chi connectivity index (χ2v) is 5.59. The van der Waals surface area contributed by atoms with Gasteiger partial charge in [-0.05, 0) is 53.5 Å². The monoisotopic (exact) mass is 312 g/mol. The topological polar surface area (TPSA) is 24.5 Å². The molecule has 0 spiro atoms. The number of halogens is 1. The molecule has 1 N–H and O–H groups in total. The van der Waals surface area contributed by atoms with Crippen molar-refractivity contribution in [3.8, 4) is 0 Å². The van der Waals surface area contributed by atoms with E-state index in [0.29, 0.717) is 6.10 Å². The minimum absolute atomic E-state index is 0.434. The molecule has 0 bridgehead atoms. The minimum atomic E-state index is 0.434. The molecule has 1 heterocycles. The smallest absolute Gasteiger partial charge is 0.0605 e. The van der Waals surface area contributed by atoms with E-state index in [0.717, 1.165) is 32.5 Å². The van der Waals surface area contributed by atoms with Crippen LogP contribution in [0.3, 0.4) is 0 Å². The third-order valence-electron chi connectivity index (χ3n) is 3.51. The van der Waals surface area contributed by atoms with E-state index in [1.165, 1.54) is 15.7 Å². The molecule has 1 aromatic rings. The summed E-state index contributed by atoms with van der Waals surface area (Å²) < 4.78 is 6.60. The van der Waals surface area contributed by atoms with Gasteiger partial charge in [0.05, 0.1) is 11.8 Å². The number of anilines is 1. The van der Waals surface area contributed by atoms with Gasteiger partial charge in [0.1, 0.15) is 0 Å². The molecule has 100 valence electrons. The molecular formula is C14H21BrN2O. The lowest BCUT2D eigenvalue weighted by molar-refractivity contribution is 0.0819. The van der Waals surface area contributed by atoms with Gasteiger partial charge in [-0.15, -0.1) is 0 Å². The van der Waals surface area contributed by atoms with Gasteiger partial charge in [0.2, 0.25) is 0 Å². The Hall–Kier alpha value is -0.580. The SMILES string of the molecule is CNCc1ccc(N2CCC(OC)CC2)c(Br)c1. The van der Waals surface area contributed by atoms with Gasteiger partial charge in [-0.1, -0.05) is 6.07 Å². The zero-order valence-electron chi connectivity index (χ0n) is 11.1. The Balaban J connectivity index is 2.05. The largest absolute Gasteiger partial charge is 0.381 e. The van der Waals surface area contributed by atoms with Crippen molar-refractivity contribution in [1.82, 2.24) is 5.32 Å². The van der Waals surface area contributed by atoms with E-state index in [1.54, 1.807) is 0 Å². The van der Waals surface area contributed by atoms with E-state index in [9.17, 15) is 0 Å². The van der Waals surface area contributed by atoms with Crippen LogP contribution in [0.5, 0.6) is 0 Å². The molecule has 1 aromatic carbocycles. The number of hydrogen-bond donors (Lipinski definition) is 1. The van der Waals surface area contributed by atoms with Crippen molar-refractivity contribution in [3.05, 3.63) is 28.2 Å². The first-order chi connectivity index (χ1) is 8.74. The van der Waals surface area contributed by atoms with Crippen LogP contribution in [0, 0.1) is 0 Å². The highest BCUT2D eigenvalue weighted by Gasteiger charge is 2.20. The number of ether oxygens (including phenoxy) is 1. The number of rotatable bonds is 4. The molecule has 0 radical (unpaired) electrons. The van der Waals surface area contributed by atoms with Crippen molar-refractivity contribution < 1.29 is 4.74 Å². The number of hydrogen-bond acceptors (Lipinski definition) is 3. The Labute approximate surface area is 118 Å². The maximum atomic E-state index is 5.41. The van der Waals surface area contributed by atoms with E-state index < -0.39 is 0 Å². The fourth-order valence-corrected chi connectivity index (χ4v) is 3.13. The second kappa shape index (κ2) is 6.55. The van der Waals surface area contributed by atoms with E-state index in [1.807, 2.05) is 14.2 Å². The number of nitrogens with zero attached hydrogens (tertiary/aromatic N) is 1. The molecule has 3 nitrogen and oxygen atoms in total. The number of benzene rings is 1. The van der Waals surface area contributed by atoms with Crippen LogP contribution >= 0.6 is 15.9 Å². The molecule has 0 atom stereocenters. The quantitative estimate of drug-likeness (QED) is 0.925. The number of methoxy groups -OCH3 is 1. The molecular weight excluding hydrogens is 292 g/mol. The third kappa shape index (κ3) is 3.25. The predicted octanol–water partition coefficient (Wildman–Crippen LogP) is 2.78. The molecule has 18 heavy (non-hydrogen) atoms. The van der Waals surface area contributed by atoms with Crippen molar-refractivity contribution in [2.45, 2.75) is 25.5 Å². The van der Waals surface area contributed by atoms with Crippen LogP contribution in [0.2, 0.25) is 0 Å². The van der Waals surface area contributed by atoms with Crippen LogP contribution in [0.25, 0.3) is 0 Å². The molecule has 0 aliphatic carbocycles. The van der Waals surface area contributed by atoms with Gasteiger partial charge in [-0.3, -0.25) is 0 Å². The Morgan fingerprint density at radius 2 is 2.11 bits per heavy atom. The van der Waals surface area contributed by atoms with E-state index in [-0.39, 0.29) is 0 Å². The lowest BCUT2D eigenvalue weighted by Gasteiger charge is -2.33. The summed E-state index contributed by atoms with van der Waals surface area (Å²) in [6.07, 6.45) is 2.66. The average Bonchev–Trinajstić information content (AvgIpc) is 2.40. The molecule has 1 fully saturated rings. The maximum Gasteiger partial charge on any atom is 0.0605 e. The van der Waals surface area contributed by atoms with E-state index in [2.05, 4.69) is 44.3 Å². The highest BCUT2D eigenvalue weighted by molar-refractivity contribution is 9.10. The molecule has 1 saturated heterocycles. The summed E-state index contributed by atoms with van der Waals surface area (Å²) in [5, 5.41) is 3.17. The summed E-state index contributed by atoms with van der Waals surface area (Å²) in [7, 11) is 3.78. The molecule has 0 amide bonds. The maximum absolute atomic E-state index is 5.41. The summed E-state index contributed by atoms with van der Waals surface area (Å²) in [6.45, 7) is 3.05. The Bertz CT molecular complexity index is 389. The van der Waals surface area contributed by atoms with Gasteiger partial charge in [0.25, 0.3) is 0 Å². The van der Waals surface area contributed by atoms with Crippen molar-refractivity contribution in [3.63, 3.8) is 0 Å². The van der Waals surface area contributed by atoms with Crippen LogP contribution < -0.4 is 10.2 Å².